The van der Waals surface area contributed by atoms with E-state index in [-0.39, 0.29) is 0 Å². The molecule has 0 N–H and O–H groups in total. The number of hydrogen-bond donors (Lipinski definition) is 1. The summed E-state index contributed by atoms with van der Waals surface area (Å²) in [5, 5.41) is 0. The number of benzene rings is 1. The lowest BCUT2D eigenvalue weighted by Crippen LogP contribution is -2.16. The minimum absolute atomic E-state index is 0.785. The van der Waals surface area contributed by atoms with Crippen LogP contribution < -0.4 is 4.74 Å². The predicted octanol–water partition coefficient (Wildman–Crippen LogP) is 2.33. The SMILES string of the molecule is CN(CS)Cc1ccc2c(c1)CCCO2. The number of rotatable bonds is 3. The summed E-state index contributed by atoms with van der Waals surface area (Å²) in [6.07, 6.45) is 2.28. The highest BCUT2D eigenvalue weighted by atomic mass is 32.1. The molecule has 0 atom stereocenters. The van der Waals surface area contributed by atoms with Crippen molar-refractivity contribution in [3.63, 3.8) is 0 Å². The zero-order valence-corrected chi connectivity index (χ0v) is 9.96. The van der Waals surface area contributed by atoms with Crippen LogP contribution in [-0.2, 0) is 13.0 Å². The molecule has 0 unspecified atom stereocenters. The number of aryl methyl sites for hydroxylation is 1. The predicted molar refractivity (Wildman–Crippen MR) is 65.6 cm³/mol. The Morgan fingerprint density at radius 3 is 3.13 bits per heavy atom. The first-order chi connectivity index (χ1) is 7.29. The number of thiol groups is 1. The lowest BCUT2D eigenvalue weighted by Gasteiger charge is -2.19. The summed E-state index contributed by atoms with van der Waals surface area (Å²) >= 11 is 4.25. The molecule has 0 fully saturated rings. The average Bonchev–Trinajstić information content (AvgIpc) is 2.29. The molecule has 1 aromatic rings. The van der Waals surface area contributed by atoms with Crippen LogP contribution in [0.4, 0.5) is 0 Å². The molecule has 1 aliphatic heterocycles. The Balaban J connectivity index is 2.13. The van der Waals surface area contributed by atoms with Gasteiger partial charge in [-0.1, -0.05) is 12.1 Å². The second kappa shape index (κ2) is 4.90. The maximum atomic E-state index is 5.58. The topological polar surface area (TPSA) is 12.5 Å². The van der Waals surface area contributed by atoms with Crippen molar-refractivity contribution in [1.82, 2.24) is 4.90 Å². The summed E-state index contributed by atoms with van der Waals surface area (Å²) in [5.74, 6) is 1.85. The van der Waals surface area contributed by atoms with Gasteiger partial charge in [-0.3, -0.25) is 4.90 Å². The molecule has 1 aliphatic rings. The van der Waals surface area contributed by atoms with E-state index in [2.05, 4.69) is 42.8 Å². The highest BCUT2D eigenvalue weighted by Crippen LogP contribution is 2.25. The molecule has 2 rings (SSSR count). The summed E-state index contributed by atoms with van der Waals surface area (Å²) in [6.45, 7) is 1.82. The third kappa shape index (κ3) is 2.67. The summed E-state index contributed by atoms with van der Waals surface area (Å²) < 4.78 is 5.58. The van der Waals surface area contributed by atoms with Crippen LogP contribution in [0.15, 0.2) is 18.2 Å². The van der Waals surface area contributed by atoms with Crippen molar-refractivity contribution in [2.24, 2.45) is 0 Å². The first-order valence-corrected chi connectivity index (χ1v) is 5.97. The van der Waals surface area contributed by atoms with Crippen LogP contribution in [0.2, 0.25) is 0 Å². The quantitative estimate of drug-likeness (QED) is 0.624. The molecule has 15 heavy (non-hydrogen) atoms. The Bertz CT molecular complexity index is 340. The van der Waals surface area contributed by atoms with E-state index in [0.717, 1.165) is 37.6 Å². The molecule has 0 bridgehead atoms. The molecule has 2 nitrogen and oxygen atoms in total. The summed E-state index contributed by atoms with van der Waals surface area (Å²) in [5.41, 5.74) is 2.70. The summed E-state index contributed by atoms with van der Waals surface area (Å²) in [7, 11) is 2.07. The van der Waals surface area contributed by atoms with E-state index in [4.69, 9.17) is 4.74 Å². The van der Waals surface area contributed by atoms with Crippen LogP contribution in [0.1, 0.15) is 17.5 Å². The van der Waals surface area contributed by atoms with Gasteiger partial charge in [-0.15, -0.1) is 0 Å². The fraction of sp³-hybridized carbons (Fsp3) is 0.500. The largest absolute Gasteiger partial charge is 0.493 e. The minimum Gasteiger partial charge on any atom is -0.493 e. The Morgan fingerprint density at radius 2 is 2.33 bits per heavy atom. The zero-order chi connectivity index (χ0) is 10.7. The molecule has 0 spiro atoms. The maximum Gasteiger partial charge on any atom is 0.122 e. The van der Waals surface area contributed by atoms with Crippen molar-refractivity contribution in [3.05, 3.63) is 29.3 Å². The molecular formula is C12H17NOS. The van der Waals surface area contributed by atoms with Crippen LogP contribution in [-0.4, -0.2) is 24.4 Å². The molecule has 1 aromatic carbocycles. The van der Waals surface area contributed by atoms with E-state index in [1.165, 1.54) is 11.1 Å². The lowest BCUT2D eigenvalue weighted by atomic mass is 10.0. The van der Waals surface area contributed by atoms with E-state index in [1.807, 2.05) is 0 Å². The Hall–Kier alpha value is -0.670. The number of hydrogen-bond acceptors (Lipinski definition) is 3. The van der Waals surface area contributed by atoms with Crippen molar-refractivity contribution >= 4 is 12.6 Å². The van der Waals surface area contributed by atoms with Crippen LogP contribution in [0.5, 0.6) is 5.75 Å². The Morgan fingerprint density at radius 1 is 1.47 bits per heavy atom. The van der Waals surface area contributed by atoms with Gasteiger partial charge in [0.1, 0.15) is 5.75 Å². The minimum atomic E-state index is 0.785. The Labute approximate surface area is 96.6 Å². The van der Waals surface area contributed by atoms with Crippen molar-refractivity contribution < 1.29 is 4.74 Å². The van der Waals surface area contributed by atoms with Crippen LogP contribution in [0, 0.1) is 0 Å². The van der Waals surface area contributed by atoms with Crippen molar-refractivity contribution in [1.29, 1.82) is 0 Å². The van der Waals surface area contributed by atoms with Crippen molar-refractivity contribution in [2.75, 3.05) is 19.5 Å². The van der Waals surface area contributed by atoms with E-state index in [0.29, 0.717) is 0 Å². The van der Waals surface area contributed by atoms with Gasteiger partial charge in [0.15, 0.2) is 0 Å². The molecule has 0 radical (unpaired) electrons. The number of ether oxygens (including phenoxy) is 1. The second-order valence-electron chi connectivity index (χ2n) is 4.05. The van der Waals surface area contributed by atoms with Crippen LogP contribution >= 0.6 is 12.6 Å². The van der Waals surface area contributed by atoms with Crippen LogP contribution in [0.25, 0.3) is 0 Å². The van der Waals surface area contributed by atoms with Gasteiger partial charge < -0.3 is 4.74 Å². The molecule has 0 saturated carbocycles. The molecule has 1 heterocycles. The highest BCUT2D eigenvalue weighted by Gasteiger charge is 2.10. The first kappa shape index (κ1) is 10.8. The van der Waals surface area contributed by atoms with E-state index in [1.54, 1.807) is 0 Å². The van der Waals surface area contributed by atoms with Gasteiger partial charge in [-0.2, -0.15) is 12.6 Å². The maximum absolute atomic E-state index is 5.58. The van der Waals surface area contributed by atoms with Crippen LogP contribution in [0.3, 0.4) is 0 Å². The van der Waals surface area contributed by atoms with Gasteiger partial charge in [0.2, 0.25) is 0 Å². The first-order valence-electron chi connectivity index (χ1n) is 5.33. The lowest BCUT2D eigenvalue weighted by molar-refractivity contribution is 0.288. The normalized spacial score (nSPS) is 14.9. The summed E-state index contributed by atoms with van der Waals surface area (Å²) in [4.78, 5) is 2.18. The molecule has 0 aromatic heterocycles. The standard InChI is InChI=1S/C12H17NOS/c1-13(9-15)8-10-4-5-12-11(7-10)3-2-6-14-12/h4-5,7,15H,2-3,6,8-9H2,1H3. The van der Waals surface area contributed by atoms with Gasteiger partial charge in [-0.05, 0) is 37.1 Å². The monoisotopic (exact) mass is 223 g/mol. The van der Waals surface area contributed by atoms with Crippen molar-refractivity contribution in [2.45, 2.75) is 19.4 Å². The van der Waals surface area contributed by atoms with E-state index in [9.17, 15) is 0 Å². The zero-order valence-electron chi connectivity index (χ0n) is 9.07. The van der Waals surface area contributed by atoms with Gasteiger partial charge in [0.25, 0.3) is 0 Å². The molecule has 0 amide bonds. The fourth-order valence-corrected chi connectivity index (χ4v) is 1.97. The van der Waals surface area contributed by atoms with Crippen molar-refractivity contribution in [3.8, 4) is 5.75 Å². The highest BCUT2D eigenvalue weighted by molar-refractivity contribution is 7.80. The molecule has 82 valence electrons. The van der Waals surface area contributed by atoms with E-state index < -0.39 is 0 Å². The fourth-order valence-electron chi connectivity index (χ4n) is 1.87. The second-order valence-corrected chi connectivity index (χ2v) is 4.33. The van der Waals surface area contributed by atoms with E-state index >= 15 is 0 Å². The van der Waals surface area contributed by atoms with Gasteiger partial charge in [-0.25, -0.2) is 0 Å². The Kier molecular flexibility index (Phi) is 3.54. The smallest absolute Gasteiger partial charge is 0.122 e. The van der Waals surface area contributed by atoms with Gasteiger partial charge >= 0.3 is 0 Å². The molecular weight excluding hydrogens is 206 g/mol. The molecule has 3 heteroatoms. The average molecular weight is 223 g/mol. The summed E-state index contributed by atoms with van der Waals surface area (Å²) in [6, 6.07) is 6.49. The molecule has 0 saturated heterocycles. The molecule has 0 aliphatic carbocycles. The third-order valence-corrected chi connectivity index (χ3v) is 3.15. The van der Waals surface area contributed by atoms with Gasteiger partial charge in [0.05, 0.1) is 6.61 Å². The number of nitrogens with zero attached hydrogens (tertiary/aromatic N) is 1. The van der Waals surface area contributed by atoms with Gasteiger partial charge in [0, 0.05) is 12.4 Å². The third-order valence-electron chi connectivity index (χ3n) is 2.67. The number of fused-ring (bicyclic) bond motifs is 1.